The highest BCUT2D eigenvalue weighted by atomic mass is 35.5. The average Bonchev–Trinajstić information content (AvgIpc) is 2.81. The number of aromatic nitrogens is 2. The Morgan fingerprint density at radius 1 is 1.03 bits per heavy atom. The van der Waals surface area contributed by atoms with Gasteiger partial charge in [-0.3, -0.25) is 14.5 Å². The minimum Gasteiger partial charge on any atom is -0.492 e. The first-order valence-corrected chi connectivity index (χ1v) is 11.0. The highest BCUT2D eigenvalue weighted by Crippen LogP contribution is 2.20. The molecule has 1 amide bonds. The van der Waals surface area contributed by atoms with Crippen LogP contribution in [0.15, 0.2) is 65.5 Å². The van der Waals surface area contributed by atoms with E-state index in [0.717, 1.165) is 12.3 Å². The molecule has 1 fully saturated rings. The van der Waals surface area contributed by atoms with E-state index in [0.29, 0.717) is 49.2 Å². The number of para-hydroxylation sites is 2. The molecule has 32 heavy (non-hydrogen) atoms. The number of hydrogen-bond acceptors (Lipinski definition) is 5. The van der Waals surface area contributed by atoms with E-state index in [1.165, 1.54) is 6.07 Å². The zero-order chi connectivity index (χ0) is 22.5. The Bertz CT molecular complexity index is 1140. The van der Waals surface area contributed by atoms with Crippen LogP contribution in [0.4, 0.5) is 0 Å². The molecule has 7 nitrogen and oxygen atoms in total. The number of rotatable bonds is 6. The molecule has 1 aliphatic rings. The molecule has 0 N–H and O–H groups in total. The summed E-state index contributed by atoms with van der Waals surface area (Å²) in [7, 11) is 0. The van der Waals surface area contributed by atoms with Crippen LogP contribution >= 0.6 is 11.6 Å². The van der Waals surface area contributed by atoms with Crippen molar-refractivity contribution in [1.29, 1.82) is 0 Å². The van der Waals surface area contributed by atoms with E-state index < -0.39 is 0 Å². The molecule has 0 saturated carbocycles. The smallest absolute Gasteiger partial charge is 0.278 e. The van der Waals surface area contributed by atoms with Gasteiger partial charge in [-0.25, -0.2) is 4.68 Å². The molecule has 0 unspecified atom stereocenters. The first kappa shape index (κ1) is 22.0. The van der Waals surface area contributed by atoms with Crippen molar-refractivity contribution >= 4 is 17.5 Å². The molecule has 1 saturated heterocycles. The van der Waals surface area contributed by atoms with Crippen LogP contribution in [0.25, 0.3) is 5.69 Å². The first-order valence-electron chi connectivity index (χ1n) is 10.6. The van der Waals surface area contributed by atoms with Gasteiger partial charge in [-0.1, -0.05) is 41.9 Å². The van der Waals surface area contributed by atoms with Gasteiger partial charge in [-0.15, -0.1) is 0 Å². The van der Waals surface area contributed by atoms with Crippen LogP contribution in [0.5, 0.6) is 5.75 Å². The molecule has 166 valence electrons. The van der Waals surface area contributed by atoms with Gasteiger partial charge in [-0.05, 0) is 31.2 Å². The number of nitrogens with zero attached hydrogens (tertiary/aromatic N) is 4. The number of benzene rings is 2. The Labute approximate surface area is 191 Å². The van der Waals surface area contributed by atoms with Crippen LogP contribution in [0.3, 0.4) is 0 Å². The van der Waals surface area contributed by atoms with Gasteiger partial charge in [0.2, 0.25) is 5.43 Å². The fourth-order valence-electron chi connectivity index (χ4n) is 3.70. The molecule has 0 aliphatic carbocycles. The maximum absolute atomic E-state index is 13.1. The fraction of sp³-hybridized carbons (Fsp3) is 0.292. The molecule has 2 heterocycles. The summed E-state index contributed by atoms with van der Waals surface area (Å²) in [5.74, 6) is 0.498. The minimum absolute atomic E-state index is 0.0867. The van der Waals surface area contributed by atoms with Crippen molar-refractivity contribution in [2.75, 3.05) is 39.3 Å². The lowest BCUT2D eigenvalue weighted by atomic mass is 10.2. The third-order valence-corrected chi connectivity index (χ3v) is 5.79. The summed E-state index contributed by atoms with van der Waals surface area (Å²) in [4.78, 5) is 29.6. The number of ether oxygens (including phenoxy) is 1. The summed E-state index contributed by atoms with van der Waals surface area (Å²) in [6, 6.07) is 18.3. The number of carbonyl (C=O) groups excluding carboxylic acids is 1. The van der Waals surface area contributed by atoms with Crippen molar-refractivity contribution in [2.24, 2.45) is 0 Å². The average molecular weight is 453 g/mol. The number of hydrogen-bond donors (Lipinski definition) is 0. The number of halogens is 1. The molecule has 0 bridgehead atoms. The van der Waals surface area contributed by atoms with Crippen LogP contribution in [0, 0.1) is 6.92 Å². The predicted octanol–water partition coefficient (Wildman–Crippen LogP) is 3.03. The van der Waals surface area contributed by atoms with E-state index in [4.69, 9.17) is 16.3 Å². The van der Waals surface area contributed by atoms with E-state index in [9.17, 15) is 9.59 Å². The van der Waals surface area contributed by atoms with Crippen molar-refractivity contribution in [3.05, 3.63) is 87.3 Å². The molecule has 3 aromatic rings. The molecular weight excluding hydrogens is 428 g/mol. The molecule has 0 radical (unpaired) electrons. The predicted molar refractivity (Wildman–Crippen MR) is 124 cm³/mol. The zero-order valence-corrected chi connectivity index (χ0v) is 18.7. The topological polar surface area (TPSA) is 67.7 Å². The van der Waals surface area contributed by atoms with E-state index in [1.54, 1.807) is 28.6 Å². The number of carbonyl (C=O) groups is 1. The summed E-state index contributed by atoms with van der Waals surface area (Å²) in [5, 5.41) is 4.87. The fourth-order valence-corrected chi connectivity index (χ4v) is 3.91. The lowest BCUT2D eigenvalue weighted by Crippen LogP contribution is -2.50. The SMILES string of the molecule is Cc1cc(=O)c(C(=O)N2CCN(CCOc3ccccc3)CC2)nn1-c1ccccc1Cl. The molecular formula is C24H25ClN4O3. The number of amides is 1. The van der Waals surface area contributed by atoms with E-state index in [2.05, 4.69) is 10.00 Å². The molecule has 4 rings (SSSR count). The van der Waals surface area contributed by atoms with Crippen LogP contribution in [0.2, 0.25) is 5.02 Å². The summed E-state index contributed by atoms with van der Waals surface area (Å²) in [6.07, 6.45) is 0. The van der Waals surface area contributed by atoms with Crippen LogP contribution in [0.1, 0.15) is 16.2 Å². The van der Waals surface area contributed by atoms with Crippen molar-refractivity contribution < 1.29 is 9.53 Å². The third-order valence-electron chi connectivity index (χ3n) is 5.47. The lowest BCUT2D eigenvalue weighted by Gasteiger charge is -2.34. The Hall–Kier alpha value is -3.16. The molecule has 0 atom stereocenters. The van der Waals surface area contributed by atoms with E-state index in [-0.39, 0.29) is 17.0 Å². The first-order chi connectivity index (χ1) is 15.5. The van der Waals surface area contributed by atoms with Crippen molar-refractivity contribution in [3.63, 3.8) is 0 Å². The molecule has 8 heteroatoms. The van der Waals surface area contributed by atoms with Crippen LogP contribution < -0.4 is 10.2 Å². The van der Waals surface area contributed by atoms with Crippen molar-refractivity contribution in [1.82, 2.24) is 19.6 Å². The Morgan fingerprint density at radius 2 is 1.72 bits per heavy atom. The van der Waals surface area contributed by atoms with Gasteiger partial charge < -0.3 is 9.64 Å². The van der Waals surface area contributed by atoms with Gasteiger partial charge in [0, 0.05) is 44.5 Å². The minimum atomic E-state index is -0.380. The van der Waals surface area contributed by atoms with Gasteiger partial charge in [-0.2, -0.15) is 5.10 Å². The highest BCUT2D eigenvalue weighted by Gasteiger charge is 2.25. The highest BCUT2D eigenvalue weighted by molar-refractivity contribution is 6.32. The molecule has 1 aromatic heterocycles. The normalized spacial score (nSPS) is 14.4. The molecule has 2 aromatic carbocycles. The second kappa shape index (κ2) is 9.97. The summed E-state index contributed by atoms with van der Waals surface area (Å²) in [5.41, 5.74) is 0.776. The van der Waals surface area contributed by atoms with Gasteiger partial charge in [0.1, 0.15) is 12.4 Å². The van der Waals surface area contributed by atoms with Crippen molar-refractivity contribution in [2.45, 2.75) is 6.92 Å². The van der Waals surface area contributed by atoms with Gasteiger partial charge in [0.15, 0.2) is 5.69 Å². The van der Waals surface area contributed by atoms with E-state index in [1.807, 2.05) is 42.5 Å². The molecule has 1 aliphatic heterocycles. The second-order valence-corrected chi connectivity index (χ2v) is 8.06. The molecule has 0 spiro atoms. The van der Waals surface area contributed by atoms with Gasteiger partial charge in [0.25, 0.3) is 5.91 Å². The maximum Gasteiger partial charge on any atom is 0.278 e. The monoisotopic (exact) mass is 452 g/mol. The quantitative estimate of drug-likeness (QED) is 0.575. The standard InChI is InChI=1S/C24H25ClN4O3/c1-18-17-22(30)23(26-29(18)21-10-6-5-9-20(21)25)24(31)28-13-11-27(12-14-28)15-16-32-19-7-3-2-4-8-19/h2-10,17H,11-16H2,1H3. The Kier molecular flexibility index (Phi) is 6.87. The van der Waals surface area contributed by atoms with Gasteiger partial charge >= 0.3 is 0 Å². The summed E-state index contributed by atoms with van der Waals surface area (Å²) in [6.45, 7) is 5.63. The maximum atomic E-state index is 13.1. The Balaban J connectivity index is 1.39. The van der Waals surface area contributed by atoms with E-state index >= 15 is 0 Å². The number of aryl methyl sites for hydroxylation is 1. The van der Waals surface area contributed by atoms with Crippen LogP contribution in [-0.4, -0.2) is 64.8 Å². The third kappa shape index (κ3) is 5.00. The summed E-state index contributed by atoms with van der Waals surface area (Å²) < 4.78 is 7.31. The zero-order valence-electron chi connectivity index (χ0n) is 17.9. The van der Waals surface area contributed by atoms with Crippen molar-refractivity contribution in [3.8, 4) is 11.4 Å². The largest absolute Gasteiger partial charge is 0.492 e. The Morgan fingerprint density at radius 3 is 2.44 bits per heavy atom. The van der Waals surface area contributed by atoms with Crippen LogP contribution in [-0.2, 0) is 0 Å². The van der Waals surface area contributed by atoms with Gasteiger partial charge in [0.05, 0.1) is 10.7 Å². The second-order valence-electron chi connectivity index (χ2n) is 7.66. The lowest BCUT2D eigenvalue weighted by molar-refractivity contribution is 0.0611. The summed E-state index contributed by atoms with van der Waals surface area (Å²) >= 11 is 6.30. The number of piperazine rings is 1.